The predicted molar refractivity (Wildman–Crippen MR) is 77.9 cm³/mol. The Bertz CT molecular complexity index is 796. The lowest BCUT2D eigenvalue weighted by molar-refractivity contribution is 0.817. The van der Waals surface area contributed by atoms with Crippen molar-refractivity contribution in [2.24, 2.45) is 5.73 Å². The quantitative estimate of drug-likeness (QED) is 0.788. The third-order valence-corrected chi connectivity index (χ3v) is 3.41. The molecule has 20 heavy (non-hydrogen) atoms. The smallest absolute Gasteiger partial charge is 0.140 e. The van der Waals surface area contributed by atoms with Crippen molar-refractivity contribution in [1.29, 1.82) is 5.26 Å². The van der Waals surface area contributed by atoms with Crippen molar-refractivity contribution < 1.29 is 0 Å². The Balaban J connectivity index is 2.10. The average molecular weight is 262 g/mol. The topological polar surface area (TPSA) is 67.6 Å². The summed E-state index contributed by atoms with van der Waals surface area (Å²) in [6, 6.07) is 13.8. The van der Waals surface area contributed by atoms with Crippen molar-refractivity contribution in [2.45, 2.75) is 13.1 Å². The van der Waals surface area contributed by atoms with E-state index in [0.717, 1.165) is 22.2 Å². The number of hydrogen-bond donors (Lipinski definition) is 1. The summed E-state index contributed by atoms with van der Waals surface area (Å²) in [5, 5.41) is 10.2. The number of benzene rings is 1. The Morgan fingerprint density at radius 3 is 2.80 bits per heavy atom. The first kappa shape index (κ1) is 12.4. The normalized spacial score (nSPS) is 10.6. The van der Waals surface area contributed by atoms with E-state index >= 15 is 0 Å². The molecule has 98 valence electrons. The number of fused-ring (bicyclic) bond motifs is 1. The summed E-state index contributed by atoms with van der Waals surface area (Å²) < 4.78 is 2.05. The zero-order chi connectivity index (χ0) is 13.9. The van der Waals surface area contributed by atoms with Gasteiger partial charge in [-0.1, -0.05) is 18.2 Å². The van der Waals surface area contributed by atoms with Crippen LogP contribution in [-0.2, 0) is 13.1 Å². The molecular formula is C16H14N4. The van der Waals surface area contributed by atoms with E-state index < -0.39 is 0 Å². The van der Waals surface area contributed by atoms with Crippen molar-refractivity contribution >= 4 is 11.0 Å². The fourth-order valence-electron chi connectivity index (χ4n) is 2.43. The minimum absolute atomic E-state index is 0.481. The van der Waals surface area contributed by atoms with Crippen molar-refractivity contribution in [3.8, 4) is 6.07 Å². The van der Waals surface area contributed by atoms with Crippen molar-refractivity contribution in [2.75, 3.05) is 0 Å². The highest BCUT2D eigenvalue weighted by atomic mass is 15.0. The molecule has 0 unspecified atom stereocenters. The summed E-state index contributed by atoms with van der Waals surface area (Å²) in [6.07, 6.45) is 3.79. The Morgan fingerprint density at radius 1 is 1.15 bits per heavy atom. The van der Waals surface area contributed by atoms with Crippen molar-refractivity contribution in [3.05, 3.63) is 65.5 Å². The van der Waals surface area contributed by atoms with Gasteiger partial charge in [0.05, 0.1) is 18.2 Å². The average Bonchev–Trinajstić information content (AvgIpc) is 2.86. The first-order chi connectivity index (χ1) is 9.83. The zero-order valence-electron chi connectivity index (χ0n) is 11.0. The maximum Gasteiger partial charge on any atom is 0.140 e. The number of nitrogens with two attached hydrogens (primary N) is 1. The zero-order valence-corrected chi connectivity index (χ0v) is 11.0. The van der Waals surface area contributed by atoms with E-state index in [1.807, 2.05) is 47.2 Å². The SMILES string of the molecule is N#Cc1ccccc1Cn1cc(CN)c2cccnc21. The van der Waals surface area contributed by atoms with Crippen molar-refractivity contribution in [3.63, 3.8) is 0 Å². The van der Waals surface area contributed by atoms with E-state index in [1.54, 1.807) is 6.20 Å². The lowest BCUT2D eigenvalue weighted by Gasteiger charge is -2.06. The number of hydrogen-bond acceptors (Lipinski definition) is 3. The minimum atomic E-state index is 0.481. The Labute approximate surface area is 117 Å². The van der Waals surface area contributed by atoms with Gasteiger partial charge >= 0.3 is 0 Å². The van der Waals surface area contributed by atoms with Crippen LogP contribution in [0.15, 0.2) is 48.8 Å². The third-order valence-electron chi connectivity index (χ3n) is 3.41. The van der Waals surface area contributed by atoms with Gasteiger partial charge in [0.2, 0.25) is 0 Å². The van der Waals surface area contributed by atoms with Crippen LogP contribution in [0.3, 0.4) is 0 Å². The molecule has 0 fully saturated rings. The number of nitriles is 1. The van der Waals surface area contributed by atoms with E-state index in [0.29, 0.717) is 18.7 Å². The molecule has 0 atom stereocenters. The largest absolute Gasteiger partial charge is 0.328 e. The molecule has 0 spiro atoms. The van der Waals surface area contributed by atoms with Crippen LogP contribution in [-0.4, -0.2) is 9.55 Å². The maximum atomic E-state index is 9.17. The second-order valence-electron chi connectivity index (χ2n) is 4.63. The monoisotopic (exact) mass is 262 g/mol. The fraction of sp³-hybridized carbons (Fsp3) is 0.125. The maximum absolute atomic E-state index is 9.17. The highest BCUT2D eigenvalue weighted by molar-refractivity contribution is 5.80. The standard InChI is InChI=1S/C16H14N4/c17-8-12-4-1-2-5-13(12)10-20-11-14(9-18)15-6-3-7-19-16(15)20/h1-7,11H,9-10,18H2. The molecule has 2 heterocycles. The van der Waals surface area contributed by atoms with Crippen molar-refractivity contribution in [1.82, 2.24) is 9.55 Å². The lowest BCUT2D eigenvalue weighted by Crippen LogP contribution is -2.01. The lowest BCUT2D eigenvalue weighted by atomic mass is 10.1. The van der Waals surface area contributed by atoms with Crippen LogP contribution in [0, 0.1) is 11.3 Å². The highest BCUT2D eigenvalue weighted by Crippen LogP contribution is 2.21. The molecule has 3 aromatic rings. The summed E-state index contributed by atoms with van der Waals surface area (Å²) in [6.45, 7) is 1.10. The van der Waals surface area contributed by atoms with E-state index in [1.165, 1.54) is 0 Å². The molecule has 3 rings (SSSR count). The molecule has 0 bridgehead atoms. The van der Waals surface area contributed by atoms with Crippen LogP contribution in [0.2, 0.25) is 0 Å². The van der Waals surface area contributed by atoms with Gasteiger partial charge in [-0.25, -0.2) is 4.98 Å². The van der Waals surface area contributed by atoms with Gasteiger partial charge in [-0.05, 0) is 29.3 Å². The molecule has 0 amide bonds. The second kappa shape index (κ2) is 5.16. The minimum Gasteiger partial charge on any atom is -0.328 e. The predicted octanol–water partition coefficient (Wildman–Crippen LogP) is 2.41. The molecule has 0 saturated carbocycles. The number of nitrogens with zero attached hydrogens (tertiary/aromatic N) is 3. The van der Waals surface area contributed by atoms with Gasteiger partial charge in [0.15, 0.2) is 0 Å². The highest BCUT2D eigenvalue weighted by Gasteiger charge is 2.09. The van der Waals surface area contributed by atoms with Gasteiger partial charge in [-0.3, -0.25) is 0 Å². The summed E-state index contributed by atoms with van der Waals surface area (Å²) in [7, 11) is 0. The van der Waals surface area contributed by atoms with E-state index in [9.17, 15) is 0 Å². The van der Waals surface area contributed by atoms with Crippen LogP contribution >= 0.6 is 0 Å². The van der Waals surface area contributed by atoms with E-state index in [2.05, 4.69) is 11.1 Å². The second-order valence-corrected chi connectivity index (χ2v) is 4.63. The Kier molecular flexibility index (Phi) is 3.20. The number of pyridine rings is 1. The van der Waals surface area contributed by atoms with Crippen LogP contribution in [0.4, 0.5) is 0 Å². The third kappa shape index (κ3) is 2.04. The van der Waals surface area contributed by atoms with Gasteiger partial charge in [0, 0.05) is 24.3 Å². The van der Waals surface area contributed by atoms with Crippen LogP contribution in [0.25, 0.3) is 11.0 Å². The first-order valence-corrected chi connectivity index (χ1v) is 6.44. The summed E-state index contributed by atoms with van der Waals surface area (Å²) in [5.41, 5.74) is 9.44. The van der Waals surface area contributed by atoms with E-state index in [4.69, 9.17) is 11.0 Å². The summed E-state index contributed by atoms with van der Waals surface area (Å²) >= 11 is 0. The summed E-state index contributed by atoms with van der Waals surface area (Å²) in [5.74, 6) is 0. The van der Waals surface area contributed by atoms with Gasteiger partial charge in [-0.15, -0.1) is 0 Å². The molecule has 2 aromatic heterocycles. The molecule has 1 aromatic carbocycles. The fourth-order valence-corrected chi connectivity index (χ4v) is 2.43. The summed E-state index contributed by atoms with van der Waals surface area (Å²) in [4.78, 5) is 4.43. The molecule has 0 aliphatic carbocycles. The van der Waals surface area contributed by atoms with Crippen LogP contribution in [0.5, 0.6) is 0 Å². The van der Waals surface area contributed by atoms with E-state index in [-0.39, 0.29) is 0 Å². The Hall–Kier alpha value is -2.64. The van der Waals surface area contributed by atoms with Gasteiger partial charge in [0.25, 0.3) is 0 Å². The molecule has 2 N–H and O–H groups in total. The van der Waals surface area contributed by atoms with Crippen LogP contribution in [0.1, 0.15) is 16.7 Å². The number of aromatic nitrogens is 2. The van der Waals surface area contributed by atoms with Gasteiger partial charge in [0.1, 0.15) is 5.65 Å². The number of rotatable bonds is 3. The first-order valence-electron chi connectivity index (χ1n) is 6.44. The molecule has 0 aliphatic heterocycles. The molecule has 0 aliphatic rings. The molecular weight excluding hydrogens is 248 g/mol. The van der Waals surface area contributed by atoms with Crippen LogP contribution < -0.4 is 5.73 Å². The molecule has 0 radical (unpaired) electrons. The molecule has 4 nitrogen and oxygen atoms in total. The molecule has 4 heteroatoms. The van der Waals surface area contributed by atoms with Gasteiger partial charge in [-0.2, -0.15) is 5.26 Å². The molecule has 0 saturated heterocycles. The van der Waals surface area contributed by atoms with Gasteiger partial charge < -0.3 is 10.3 Å². The Morgan fingerprint density at radius 2 is 2.00 bits per heavy atom.